The SMILES string of the molecule is Cc1ccsc1C(=O)OCC(=O)Nc1ccc(Cl)c(Cl)c1. The molecule has 7 heteroatoms. The third-order valence-electron chi connectivity index (χ3n) is 2.59. The van der Waals surface area contributed by atoms with Crippen molar-refractivity contribution in [3.8, 4) is 0 Å². The van der Waals surface area contributed by atoms with Crippen LogP contribution in [0.1, 0.15) is 15.2 Å². The minimum Gasteiger partial charge on any atom is -0.451 e. The number of amides is 1. The third kappa shape index (κ3) is 4.20. The van der Waals surface area contributed by atoms with Crippen LogP contribution < -0.4 is 5.32 Å². The topological polar surface area (TPSA) is 55.4 Å². The predicted octanol–water partition coefficient (Wildman–Crippen LogP) is 4.16. The molecule has 0 bridgehead atoms. The first-order valence-electron chi connectivity index (χ1n) is 5.93. The molecule has 0 spiro atoms. The Hall–Kier alpha value is -1.56. The van der Waals surface area contributed by atoms with Gasteiger partial charge in [-0.25, -0.2) is 4.79 Å². The van der Waals surface area contributed by atoms with Gasteiger partial charge in [0.15, 0.2) is 6.61 Å². The standard InChI is InChI=1S/C14H11Cl2NO3S/c1-8-4-5-21-13(8)14(19)20-7-12(18)17-9-2-3-10(15)11(16)6-9/h2-6H,7H2,1H3,(H,17,18). The van der Waals surface area contributed by atoms with E-state index in [1.165, 1.54) is 17.4 Å². The summed E-state index contributed by atoms with van der Waals surface area (Å²) in [7, 11) is 0. The highest BCUT2D eigenvalue weighted by molar-refractivity contribution is 7.12. The molecule has 2 rings (SSSR count). The maximum absolute atomic E-state index is 11.8. The second kappa shape index (κ2) is 6.93. The quantitative estimate of drug-likeness (QED) is 0.848. The van der Waals surface area contributed by atoms with Gasteiger partial charge in [0.2, 0.25) is 0 Å². The van der Waals surface area contributed by atoms with Crippen molar-refractivity contribution in [2.45, 2.75) is 6.92 Å². The summed E-state index contributed by atoms with van der Waals surface area (Å²) < 4.78 is 4.96. The van der Waals surface area contributed by atoms with Crippen molar-refractivity contribution in [3.63, 3.8) is 0 Å². The Morgan fingerprint density at radius 3 is 2.62 bits per heavy atom. The molecule has 0 saturated heterocycles. The minimum atomic E-state index is -0.508. The zero-order chi connectivity index (χ0) is 15.4. The van der Waals surface area contributed by atoms with Gasteiger partial charge in [-0.05, 0) is 42.1 Å². The maximum atomic E-state index is 11.8. The number of ether oxygens (including phenoxy) is 1. The van der Waals surface area contributed by atoms with Crippen molar-refractivity contribution in [1.82, 2.24) is 0 Å². The Labute approximate surface area is 135 Å². The first-order chi connectivity index (χ1) is 9.97. The Balaban J connectivity index is 1.89. The lowest BCUT2D eigenvalue weighted by Crippen LogP contribution is -2.20. The van der Waals surface area contributed by atoms with Crippen LogP contribution in [0.2, 0.25) is 10.0 Å². The molecule has 1 aromatic carbocycles. The minimum absolute atomic E-state index is 0.334. The Morgan fingerprint density at radius 1 is 1.24 bits per heavy atom. The molecule has 0 aliphatic carbocycles. The van der Waals surface area contributed by atoms with E-state index in [-0.39, 0.29) is 6.61 Å². The molecule has 4 nitrogen and oxygen atoms in total. The summed E-state index contributed by atoms with van der Waals surface area (Å²) in [5.41, 5.74) is 1.31. The van der Waals surface area contributed by atoms with Gasteiger partial charge >= 0.3 is 5.97 Å². The van der Waals surface area contributed by atoms with Crippen LogP contribution in [0.4, 0.5) is 5.69 Å². The molecule has 21 heavy (non-hydrogen) atoms. The Morgan fingerprint density at radius 2 is 2.00 bits per heavy atom. The zero-order valence-electron chi connectivity index (χ0n) is 11.0. The van der Waals surface area contributed by atoms with Gasteiger partial charge in [-0.3, -0.25) is 4.79 Å². The number of halogens is 2. The van der Waals surface area contributed by atoms with Crippen LogP contribution in [-0.4, -0.2) is 18.5 Å². The number of anilines is 1. The molecular formula is C14H11Cl2NO3S. The highest BCUT2D eigenvalue weighted by Crippen LogP contribution is 2.25. The predicted molar refractivity (Wildman–Crippen MR) is 84.4 cm³/mol. The Kier molecular flexibility index (Phi) is 5.22. The van der Waals surface area contributed by atoms with Gasteiger partial charge in [0.25, 0.3) is 5.91 Å². The lowest BCUT2D eigenvalue weighted by Gasteiger charge is -2.07. The van der Waals surface area contributed by atoms with Gasteiger partial charge < -0.3 is 10.1 Å². The fourth-order valence-corrected chi connectivity index (χ4v) is 2.66. The summed E-state index contributed by atoms with van der Waals surface area (Å²) in [5, 5.41) is 5.09. The smallest absolute Gasteiger partial charge is 0.349 e. The highest BCUT2D eigenvalue weighted by atomic mass is 35.5. The fourth-order valence-electron chi connectivity index (χ4n) is 1.55. The molecule has 0 radical (unpaired) electrons. The molecule has 0 aliphatic heterocycles. The van der Waals surface area contributed by atoms with Gasteiger partial charge in [-0.15, -0.1) is 11.3 Å². The monoisotopic (exact) mass is 343 g/mol. The molecule has 0 atom stereocenters. The van der Waals surface area contributed by atoms with Gasteiger partial charge in [0, 0.05) is 5.69 Å². The van der Waals surface area contributed by atoms with Crippen LogP contribution in [-0.2, 0) is 9.53 Å². The second-order valence-corrected chi connectivity index (χ2v) is 5.92. The van der Waals surface area contributed by atoms with E-state index in [2.05, 4.69) is 5.32 Å². The normalized spacial score (nSPS) is 10.2. The number of carbonyl (C=O) groups excluding carboxylic acids is 2. The molecule has 2 aromatic rings. The van der Waals surface area contributed by atoms with Crippen LogP contribution in [0.15, 0.2) is 29.6 Å². The Bertz CT molecular complexity index is 685. The van der Waals surface area contributed by atoms with Crippen molar-refractivity contribution in [2.24, 2.45) is 0 Å². The molecule has 0 unspecified atom stereocenters. The number of hydrogen-bond acceptors (Lipinski definition) is 4. The molecule has 0 aliphatic rings. The first-order valence-corrected chi connectivity index (χ1v) is 7.57. The number of nitrogens with one attached hydrogen (secondary N) is 1. The molecule has 0 saturated carbocycles. The lowest BCUT2D eigenvalue weighted by atomic mass is 10.3. The van der Waals surface area contributed by atoms with Crippen LogP contribution in [0.5, 0.6) is 0 Å². The second-order valence-electron chi connectivity index (χ2n) is 4.19. The van der Waals surface area contributed by atoms with Crippen LogP contribution in [0, 0.1) is 6.92 Å². The molecule has 1 N–H and O–H groups in total. The van der Waals surface area contributed by atoms with E-state index in [4.69, 9.17) is 27.9 Å². The number of rotatable bonds is 4. The average Bonchev–Trinajstić information content (AvgIpc) is 2.86. The van der Waals surface area contributed by atoms with E-state index in [1.807, 2.05) is 13.0 Å². The first kappa shape index (κ1) is 15.8. The maximum Gasteiger partial charge on any atom is 0.349 e. The number of esters is 1. The largest absolute Gasteiger partial charge is 0.451 e. The van der Waals surface area contributed by atoms with Gasteiger partial charge in [-0.2, -0.15) is 0 Å². The zero-order valence-corrected chi connectivity index (χ0v) is 13.3. The van der Waals surface area contributed by atoms with E-state index >= 15 is 0 Å². The summed E-state index contributed by atoms with van der Waals surface area (Å²) >= 11 is 12.9. The van der Waals surface area contributed by atoms with Crippen molar-refractivity contribution in [1.29, 1.82) is 0 Å². The molecule has 0 fully saturated rings. The highest BCUT2D eigenvalue weighted by Gasteiger charge is 2.14. The number of hydrogen-bond donors (Lipinski definition) is 1. The van der Waals surface area contributed by atoms with Crippen molar-refractivity contribution < 1.29 is 14.3 Å². The van der Waals surface area contributed by atoms with Crippen LogP contribution in [0.25, 0.3) is 0 Å². The number of benzene rings is 1. The summed E-state index contributed by atoms with van der Waals surface area (Å²) in [5.74, 6) is -0.956. The summed E-state index contributed by atoms with van der Waals surface area (Å²) in [6, 6.07) is 6.52. The van der Waals surface area contributed by atoms with Gasteiger partial charge in [0.1, 0.15) is 4.88 Å². The third-order valence-corrected chi connectivity index (χ3v) is 4.32. The van der Waals surface area contributed by atoms with E-state index < -0.39 is 11.9 Å². The van der Waals surface area contributed by atoms with E-state index in [1.54, 1.807) is 17.5 Å². The lowest BCUT2D eigenvalue weighted by molar-refractivity contribution is -0.119. The van der Waals surface area contributed by atoms with Crippen molar-refractivity contribution in [3.05, 3.63) is 50.1 Å². The molecule has 1 heterocycles. The summed E-state index contributed by atoms with van der Waals surface area (Å²) in [4.78, 5) is 24.0. The van der Waals surface area contributed by atoms with Crippen LogP contribution >= 0.6 is 34.5 Å². The van der Waals surface area contributed by atoms with Gasteiger partial charge in [0.05, 0.1) is 10.0 Å². The number of carbonyl (C=O) groups is 2. The van der Waals surface area contributed by atoms with E-state index in [0.717, 1.165) is 5.56 Å². The molecule has 110 valence electrons. The van der Waals surface area contributed by atoms with Crippen molar-refractivity contribution in [2.75, 3.05) is 11.9 Å². The molecule has 1 amide bonds. The van der Waals surface area contributed by atoms with E-state index in [9.17, 15) is 9.59 Å². The number of thiophene rings is 1. The van der Waals surface area contributed by atoms with Gasteiger partial charge in [-0.1, -0.05) is 23.2 Å². The number of aryl methyl sites for hydroxylation is 1. The van der Waals surface area contributed by atoms with E-state index in [0.29, 0.717) is 20.6 Å². The average molecular weight is 344 g/mol. The molecule has 1 aromatic heterocycles. The van der Waals surface area contributed by atoms with Crippen molar-refractivity contribution >= 4 is 52.1 Å². The van der Waals surface area contributed by atoms with Crippen LogP contribution in [0.3, 0.4) is 0 Å². The summed E-state index contributed by atoms with van der Waals surface area (Å²) in [6.45, 7) is 1.44. The fraction of sp³-hybridized carbons (Fsp3) is 0.143. The molecular weight excluding hydrogens is 333 g/mol. The summed E-state index contributed by atoms with van der Waals surface area (Å²) in [6.07, 6.45) is 0.